The van der Waals surface area contributed by atoms with Crippen LogP contribution in [0.15, 0.2) is 83.1 Å². The standard InChI is InChI=1S/C24H18ClN3O2/c25-16-9-7-14(8-10-16)23-22-18(12-15(13-20(22)29)21-6-3-11-30-21)27-24-26-17-4-1-2-5-19(17)28(23)24/h1-12,15,22-23H,13H2,(H,26,27)/t15-,22+,23+/m1/s1. The van der Waals surface area contributed by atoms with Crippen molar-refractivity contribution in [3.63, 3.8) is 0 Å². The van der Waals surface area contributed by atoms with Crippen LogP contribution in [0.25, 0.3) is 11.0 Å². The van der Waals surface area contributed by atoms with Crippen LogP contribution in [0.3, 0.4) is 0 Å². The lowest BCUT2D eigenvalue weighted by atomic mass is 9.76. The number of anilines is 1. The number of Topliss-reactive ketones (excluding diaryl/α,β-unsaturated/α-hetero) is 1. The molecule has 0 bridgehead atoms. The van der Waals surface area contributed by atoms with E-state index < -0.39 is 0 Å². The molecule has 2 aromatic carbocycles. The molecular formula is C24H18ClN3O2. The first-order chi connectivity index (χ1) is 14.7. The quantitative estimate of drug-likeness (QED) is 0.466. The molecule has 0 spiro atoms. The molecule has 1 aliphatic carbocycles. The number of aromatic nitrogens is 2. The molecule has 6 rings (SSSR count). The first-order valence-electron chi connectivity index (χ1n) is 9.96. The Morgan fingerprint density at radius 2 is 1.90 bits per heavy atom. The molecule has 30 heavy (non-hydrogen) atoms. The molecule has 3 atom stereocenters. The van der Waals surface area contributed by atoms with E-state index in [1.165, 1.54) is 0 Å². The van der Waals surface area contributed by atoms with Gasteiger partial charge in [-0.2, -0.15) is 0 Å². The van der Waals surface area contributed by atoms with Gasteiger partial charge in [0, 0.05) is 23.1 Å². The van der Waals surface area contributed by atoms with Gasteiger partial charge in [0.05, 0.1) is 29.3 Å². The second-order valence-electron chi connectivity index (χ2n) is 7.81. The second-order valence-corrected chi connectivity index (χ2v) is 8.24. The number of fused-ring (bicyclic) bond motifs is 4. The summed E-state index contributed by atoms with van der Waals surface area (Å²) < 4.78 is 7.73. The molecule has 0 radical (unpaired) electrons. The van der Waals surface area contributed by atoms with E-state index in [0.29, 0.717) is 11.4 Å². The number of carbonyl (C=O) groups excluding carboxylic acids is 1. The number of carbonyl (C=O) groups is 1. The Hall–Kier alpha value is -3.31. The zero-order valence-corrected chi connectivity index (χ0v) is 16.7. The van der Waals surface area contributed by atoms with Crippen LogP contribution in [0.4, 0.5) is 5.95 Å². The number of nitrogens with zero attached hydrogens (tertiary/aromatic N) is 2. The van der Waals surface area contributed by atoms with Crippen molar-refractivity contribution in [2.75, 3.05) is 5.32 Å². The van der Waals surface area contributed by atoms with Crippen LogP contribution in [-0.4, -0.2) is 15.3 Å². The van der Waals surface area contributed by atoms with Gasteiger partial charge in [0.1, 0.15) is 11.5 Å². The fourth-order valence-electron chi connectivity index (χ4n) is 4.74. The predicted octanol–water partition coefficient (Wildman–Crippen LogP) is 5.55. The van der Waals surface area contributed by atoms with Gasteiger partial charge in [0.15, 0.2) is 0 Å². The first-order valence-corrected chi connectivity index (χ1v) is 10.3. The number of nitrogens with one attached hydrogen (secondary N) is 1. The van der Waals surface area contributed by atoms with E-state index in [9.17, 15) is 4.79 Å². The van der Waals surface area contributed by atoms with Crippen molar-refractivity contribution in [2.45, 2.75) is 18.4 Å². The highest BCUT2D eigenvalue weighted by atomic mass is 35.5. The summed E-state index contributed by atoms with van der Waals surface area (Å²) in [6, 6.07) is 19.3. The Balaban J connectivity index is 1.57. The summed E-state index contributed by atoms with van der Waals surface area (Å²) in [4.78, 5) is 18.3. The third kappa shape index (κ3) is 2.62. The molecule has 1 N–H and O–H groups in total. The van der Waals surface area contributed by atoms with Crippen LogP contribution in [0.2, 0.25) is 5.02 Å². The second kappa shape index (κ2) is 6.61. The normalized spacial score (nSPS) is 22.9. The molecule has 2 aliphatic rings. The minimum Gasteiger partial charge on any atom is -0.469 e. The fraction of sp³-hybridized carbons (Fsp3) is 0.167. The maximum absolute atomic E-state index is 13.5. The van der Waals surface area contributed by atoms with Crippen LogP contribution < -0.4 is 5.32 Å². The topological polar surface area (TPSA) is 60.1 Å². The van der Waals surface area contributed by atoms with Crippen molar-refractivity contribution >= 4 is 34.4 Å². The van der Waals surface area contributed by atoms with Crippen molar-refractivity contribution in [3.8, 4) is 0 Å². The molecule has 148 valence electrons. The third-order valence-corrected chi connectivity index (χ3v) is 6.30. The Morgan fingerprint density at radius 1 is 1.07 bits per heavy atom. The van der Waals surface area contributed by atoms with Gasteiger partial charge in [-0.25, -0.2) is 4.98 Å². The van der Waals surface area contributed by atoms with Gasteiger partial charge in [-0.3, -0.25) is 4.79 Å². The zero-order chi connectivity index (χ0) is 20.2. The van der Waals surface area contributed by atoms with Crippen LogP contribution in [0.1, 0.15) is 29.7 Å². The van der Waals surface area contributed by atoms with Crippen LogP contribution in [0, 0.1) is 5.92 Å². The monoisotopic (exact) mass is 415 g/mol. The first kappa shape index (κ1) is 17.5. The Labute approximate surface area is 178 Å². The van der Waals surface area contributed by atoms with Gasteiger partial charge in [-0.15, -0.1) is 0 Å². The molecule has 0 fully saturated rings. The van der Waals surface area contributed by atoms with Crippen LogP contribution >= 0.6 is 11.6 Å². The van der Waals surface area contributed by atoms with Gasteiger partial charge in [-0.1, -0.05) is 41.9 Å². The summed E-state index contributed by atoms with van der Waals surface area (Å²) in [7, 11) is 0. The fourth-order valence-corrected chi connectivity index (χ4v) is 4.87. The number of hydrogen-bond acceptors (Lipinski definition) is 4. The number of imidazole rings is 1. The number of para-hydroxylation sites is 2. The van der Waals surface area contributed by atoms with Gasteiger partial charge in [-0.05, 0) is 42.0 Å². The summed E-state index contributed by atoms with van der Waals surface area (Å²) in [6.07, 6.45) is 4.18. The van der Waals surface area contributed by atoms with Crippen molar-refractivity contribution in [1.29, 1.82) is 0 Å². The molecule has 0 unspecified atom stereocenters. The average molecular weight is 416 g/mol. The highest BCUT2D eigenvalue weighted by Gasteiger charge is 2.43. The van der Waals surface area contributed by atoms with Crippen LogP contribution in [-0.2, 0) is 4.79 Å². The van der Waals surface area contributed by atoms with Crippen molar-refractivity contribution < 1.29 is 9.21 Å². The summed E-state index contributed by atoms with van der Waals surface area (Å²) in [5.41, 5.74) is 3.81. The largest absolute Gasteiger partial charge is 0.469 e. The van der Waals surface area contributed by atoms with E-state index in [1.807, 2.05) is 60.7 Å². The van der Waals surface area contributed by atoms with Gasteiger partial charge in [0.2, 0.25) is 5.95 Å². The maximum Gasteiger partial charge on any atom is 0.208 e. The van der Waals surface area contributed by atoms with Gasteiger partial charge in [0.25, 0.3) is 0 Å². The Morgan fingerprint density at radius 3 is 2.70 bits per heavy atom. The van der Waals surface area contributed by atoms with E-state index in [2.05, 4.69) is 16.0 Å². The highest BCUT2D eigenvalue weighted by Crippen LogP contribution is 2.46. The smallest absolute Gasteiger partial charge is 0.208 e. The van der Waals surface area contributed by atoms with E-state index >= 15 is 0 Å². The highest BCUT2D eigenvalue weighted by molar-refractivity contribution is 6.30. The van der Waals surface area contributed by atoms with Gasteiger partial charge < -0.3 is 14.3 Å². The molecule has 0 amide bonds. The molecular weight excluding hydrogens is 398 g/mol. The molecule has 3 heterocycles. The molecule has 2 aromatic heterocycles. The Kier molecular flexibility index (Phi) is 3.86. The summed E-state index contributed by atoms with van der Waals surface area (Å²) in [5.74, 6) is 1.34. The summed E-state index contributed by atoms with van der Waals surface area (Å²) in [5, 5.41) is 4.12. The number of hydrogen-bond donors (Lipinski definition) is 1. The van der Waals surface area contributed by atoms with Gasteiger partial charge >= 0.3 is 0 Å². The molecule has 0 saturated heterocycles. The molecule has 0 saturated carbocycles. The zero-order valence-electron chi connectivity index (χ0n) is 16.0. The van der Waals surface area contributed by atoms with E-state index in [0.717, 1.165) is 34.0 Å². The van der Waals surface area contributed by atoms with E-state index in [-0.39, 0.29) is 23.7 Å². The third-order valence-electron chi connectivity index (χ3n) is 6.05. The number of benzene rings is 2. The number of allylic oxidation sites excluding steroid dienone is 2. The number of halogens is 1. The van der Waals surface area contributed by atoms with Crippen molar-refractivity contribution in [1.82, 2.24) is 9.55 Å². The van der Waals surface area contributed by atoms with E-state index in [1.54, 1.807) is 6.26 Å². The minimum atomic E-state index is -0.317. The number of furan rings is 1. The molecule has 6 heteroatoms. The average Bonchev–Trinajstić information content (AvgIpc) is 3.41. The Bertz CT molecular complexity index is 1290. The molecule has 1 aliphatic heterocycles. The van der Waals surface area contributed by atoms with E-state index in [4.69, 9.17) is 21.0 Å². The lowest BCUT2D eigenvalue weighted by Crippen LogP contribution is -2.39. The number of ketones is 1. The SMILES string of the molecule is O=C1C[C@H](c2ccco2)C=C2Nc3nc4ccccc4n3[C@@H](c3ccc(Cl)cc3)[C@H]12. The maximum atomic E-state index is 13.5. The van der Waals surface area contributed by atoms with Crippen molar-refractivity contribution in [3.05, 3.63) is 95.0 Å². The van der Waals surface area contributed by atoms with Crippen LogP contribution in [0.5, 0.6) is 0 Å². The minimum absolute atomic E-state index is 0.0759. The lowest BCUT2D eigenvalue weighted by molar-refractivity contribution is -0.123. The number of rotatable bonds is 2. The molecule has 5 nitrogen and oxygen atoms in total. The summed E-state index contributed by atoms with van der Waals surface area (Å²) in [6.45, 7) is 0. The van der Waals surface area contributed by atoms with Crippen molar-refractivity contribution in [2.24, 2.45) is 5.92 Å². The summed E-state index contributed by atoms with van der Waals surface area (Å²) >= 11 is 6.15. The molecule has 4 aromatic rings. The predicted molar refractivity (Wildman–Crippen MR) is 116 cm³/mol. The lowest BCUT2D eigenvalue weighted by Gasteiger charge is -2.39.